The summed E-state index contributed by atoms with van der Waals surface area (Å²) in [6.07, 6.45) is 6.17. The molecule has 5 heteroatoms. The molecule has 1 aromatic heterocycles. The molecule has 0 saturated heterocycles. The zero-order valence-electron chi connectivity index (χ0n) is 9.64. The van der Waals surface area contributed by atoms with E-state index in [9.17, 15) is 4.79 Å². The first-order valence-electron chi connectivity index (χ1n) is 5.54. The Labute approximate surface area is 94.8 Å². The molecule has 0 aromatic carbocycles. The van der Waals surface area contributed by atoms with E-state index >= 15 is 0 Å². The second kappa shape index (κ2) is 4.65. The Kier molecular flexibility index (Phi) is 3.24. The summed E-state index contributed by atoms with van der Waals surface area (Å²) in [4.78, 5) is 15.3. The molecule has 1 saturated carbocycles. The zero-order valence-corrected chi connectivity index (χ0v) is 9.64. The van der Waals surface area contributed by atoms with Crippen molar-refractivity contribution in [1.29, 1.82) is 0 Å². The summed E-state index contributed by atoms with van der Waals surface area (Å²) in [5.41, 5.74) is 1.12. The lowest BCUT2D eigenvalue weighted by Gasteiger charge is -2.12. The van der Waals surface area contributed by atoms with Crippen LogP contribution in [0.1, 0.15) is 31.5 Å². The van der Waals surface area contributed by atoms with E-state index in [1.165, 1.54) is 20.0 Å². The Balaban J connectivity index is 1.89. The monoisotopic (exact) mass is 223 g/mol. The summed E-state index contributed by atoms with van der Waals surface area (Å²) in [6, 6.07) is 0.334. The standard InChI is InChI=1S/C11H17N3O2/c1-8(11(15)16-2)13-6-10-5-12-7-14(10)9-3-4-9/h5,7-9,13H,3-4,6H2,1-2H3. The van der Waals surface area contributed by atoms with Crippen molar-refractivity contribution in [2.24, 2.45) is 0 Å². The molecule has 1 heterocycles. The topological polar surface area (TPSA) is 56.1 Å². The van der Waals surface area contributed by atoms with Crippen molar-refractivity contribution >= 4 is 5.97 Å². The number of ether oxygens (including phenoxy) is 1. The van der Waals surface area contributed by atoms with Gasteiger partial charge in [0, 0.05) is 18.8 Å². The molecular weight excluding hydrogens is 206 g/mol. The maximum absolute atomic E-state index is 11.2. The highest BCUT2D eigenvalue weighted by atomic mass is 16.5. The smallest absolute Gasteiger partial charge is 0.322 e. The van der Waals surface area contributed by atoms with Crippen molar-refractivity contribution in [2.45, 2.75) is 38.4 Å². The van der Waals surface area contributed by atoms with E-state index in [2.05, 4.69) is 19.6 Å². The van der Waals surface area contributed by atoms with Gasteiger partial charge in [0.05, 0.1) is 19.1 Å². The van der Waals surface area contributed by atoms with Gasteiger partial charge in [-0.1, -0.05) is 0 Å². The van der Waals surface area contributed by atoms with Crippen LogP contribution in [0.2, 0.25) is 0 Å². The van der Waals surface area contributed by atoms with Crippen molar-refractivity contribution in [3.8, 4) is 0 Å². The van der Waals surface area contributed by atoms with Crippen LogP contribution >= 0.6 is 0 Å². The number of esters is 1. The SMILES string of the molecule is COC(=O)C(C)NCc1cncn1C1CC1. The summed E-state index contributed by atoms with van der Waals surface area (Å²) >= 11 is 0. The van der Waals surface area contributed by atoms with E-state index in [-0.39, 0.29) is 12.0 Å². The predicted octanol–water partition coefficient (Wildman–Crippen LogP) is 0.869. The molecular formula is C11H17N3O2. The third kappa shape index (κ3) is 2.41. The quantitative estimate of drug-likeness (QED) is 0.752. The van der Waals surface area contributed by atoms with Crippen LogP contribution < -0.4 is 5.32 Å². The van der Waals surface area contributed by atoms with Gasteiger partial charge in [-0.25, -0.2) is 4.98 Å². The summed E-state index contributed by atoms with van der Waals surface area (Å²) in [6.45, 7) is 2.44. The first-order chi connectivity index (χ1) is 7.72. The third-order valence-corrected chi connectivity index (χ3v) is 2.83. The fraction of sp³-hybridized carbons (Fsp3) is 0.636. The van der Waals surface area contributed by atoms with Crippen LogP contribution in [-0.2, 0) is 16.1 Å². The van der Waals surface area contributed by atoms with Gasteiger partial charge in [-0.05, 0) is 19.8 Å². The molecule has 0 radical (unpaired) electrons. The van der Waals surface area contributed by atoms with Crippen LogP contribution in [0.5, 0.6) is 0 Å². The Morgan fingerprint density at radius 3 is 3.12 bits per heavy atom. The summed E-state index contributed by atoms with van der Waals surface area (Å²) < 4.78 is 6.83. The molecule has 1 aliphatic carbocycles. The highest BCUT2D eigenvalue weighted by Gasteiger charge is 2.25. The van der Waals surface area contributed by atoms with Crippen molar-refractivity contribution in [1.82, 2.24) is 14.9 Å². The molecule has 5 nitrogen and oxygen atoms in total. The molecule has 1 fully saturated rings. The van der Waals surface area contributed by atoms with Crippen LogP contribution in [-0.4, -0.2) is 28.7 Å². The fourth-order valence-corrected chi connectivity index (χ4v) is 1.67. The normalized spacial score (nSPS) is 17.1. The maximum atomic E-state index is 11.2. The minimum atomic E-state index is -0.285. The molecule has 0 amide bonds. The lowest BCUT2D eigenvalue weighted by molar-refractivity contribution is -0.142. The number of methoxy groups -OCH3 is 1. The minimum Gasteiger partial charge on any atom is -0.468 e. The van der Waals surface area contributed by atoms with Crippen molar-refractivity contribution in [2.75, 3.05) is 7.11 Å². The number of aromatic nitrogens is 2. The van der Waals surface area contributed by atoms with Gasteiger partial charge < -0.3 is 9.30 Å². The first-order valence-corrected chi connectivity index (χ1v) is 5.54. The van der Waals surface area contributed by atoms with Gasteiger partial charge in [0.25, 0.3) is 0 Å². The molecule has 0 spiro atoms. The first kappa shape index (κ1) is 11.1. The number of hydrogen-bond acceptors (Lipinski definition) is 4. The molecule has 1 N–H and O–H groups in total. The largest absolute Gasteiger partial charge is 0.468 e. The molecule has 1 aromatic rings. The van der Waals surface area contributed by atoms with Gasteiger partial charge in [0.15, 0.2) is 0 Å². The average molecular weight is 223 g/mol. The average Bonchev–Trinajstić information content (AvgIpc) is 3.04. The van der Waals surface area contributed by atoms with Gasteiger partial charge >= 0.3 is 5.97 Å². The van der Waals surface area contributed by atoms with Gasteiger partial charge in [0.2, 0.25) is 0 Å². The predicted molar refractivity (Wildman–Crippen MR) is 58.8 cm³/mol. The van der Waals surface area contributed by atoms with Crippen LogP contribution in [0.25, 0.3) is 0 Å². The molecule has 88 valence electrons. The number of imidazole rings is 1. The third-order valence-electron chi connectivity index (χ3n) is 2.83. The molecule has 2 rings (SSSR count). The summed E-state index contributed by atoms with van der Waals surface area (Å²) in [7, 11) is 1.40. The highest BCUT2D eigenvalue weighted by molar-refractivity contribution is 5.75. The highest BCUT2D eigenvalue weighted by Crippen LogP contribution is 2.35. The number of rotatable bonds is 5. The van der Waals surface area contributed by atoms with Crippen molar-refractivity contribution in [3.05, 3.63) is 18.2 Å². The zero-order chi connectivity index (χ0) is 11.5. The Bertz CT molecular complexity index is 371. The summed E-state index contributed by atoms with van der Waals surface area (Å²) in [5.74, 6) is -0.238. The van der Waals surface area contributed by atoms with Gasteiger partial charge in [0.1, 0.15) is 6.04 Å². The van der Waals surface area contributed by atoms with E-state index in [4.69, 9.17) is 0 Å². The van der Waals surface area contributed by atoms with Gasteiger partial charge in [-0.3, -0.25) is 10.1 Å². The van der Waals surface area contributed by atoms with E-state index < -0.39 is 0 Å². The van der Waals surface area contributed by atoms with Crippen molar-refractivity contribution in [3.63, 3.8) is 0 Å². The molecule has 0 aliphatic heterocycles. The second-order valence-corrected chi connectivity index (χ2v) is 4.15. The van der Waals surface area contributed by atoms with Crippen molar-refractivity contribution < 1.29 is 9.53 Å². The molecule has 16 heavy (non-hydrogen) atoms. The second-order valence-electron chi connectivity index (χ2n) is 4.15. The molecule has 1 unspecified atom stereocenters. The number of nitrogens with zero attached hydrogens (tertiary/aromatic N) is 2. The molecule has 0 bridgehead atoms. The van der Waals surface area contributed by atoms with E-state index in [0.717, 1.165) is 5.69 Å². The minimum absolute atomic E-state index is 0.238. The maximum Gasteiger partial charge on any atom is 0.322 e. The van der Waals surface area contributed by atoms with Crippen LogP contribution in [0.4, 0.5) is 0 Å². The van der Waals surface area contributed by atoms with E-state index in [0.29, 0.717) is 12.6 Å². The lowest BCUT2D eigenvalue weighted by atomic mass is 10.3. The van der Waals surface area contributed by atoms with E-state index in [1.54, 1.807) is 6.92 Å². The fourth-order valence-electron chi connectivity index (χ4n) is 1.67. The summed E-state index contributed by atoms with van der Waals surface area (Å²) in [5, 5.41) is 3.12. The molecule has 1 atom stereocenters. The lowest BCUT2D eigenvalue weighted by Crippen LogP contribution is -2.34. The van der Waals surface area contributed by atoms with Crippen LogP contribution in [0, 0.1) is 0 Å². The Morgan fingerprint density at radius 1 is 1.75 bits per heavy atom. The van der Waals surface area contributed by atoms with Gasteiger partial charge in [-0.2, -0.15) is 0 Å². The van der Waals surface area contributed by atoms with Crippen LogP contribution in [0.15, 0.2) is 12.5 Å². The van der Waals surface area contributed by atoms with E-state index in [1.807, 2.05) is 12.5 Å². The number of hydrogen-bond donors (Lipinski definition) is 1. The van der Waals surface area contributed by atoms with Gasteiger partial charge in [-0.15, -0.1) is 0 Å². The Morgan fingerprint density at radius 2 is 2.50 bits per heavy atom. The number of carbonyl (C=O) groups is 1. The number of nitrogens with one attached hydrogen (secondary N) is 1. The Hall–Kier alpha value is -1.36. The number of carbonyl (C=O) groups excluding carboxylic acids is 1. The van der Waals surface area contributed by atoms with Crippen LogP contribution in [0.3, 0.4) is 0 Å². The molecule has 1 aliphatic rings.